The van der Waals surface area contributed by atoms with Crippen molar-refractivity contribution in [1.29, 1.82) is 0 Å². The number of carbonyl (C=O) groups excluding carboxylic acids is 2. The van der Waals surface area contributed by atoms with Crippen LogP contribution in [0.15, 0.2) is 24.3 Å². The first kappa shape index (κ1) is 20.6. The number of carbonyl (C=O) groups is 2. The lowest BCUT2D eigenvalue weighted by atomic mass is 9.49. The second-order valence-electron chi connectivity index (χ2n) is 9.78. The quantitative estimate of drug-likeness (QED) is 0.467. The van der Waals surface area contributed by atoms with E-state index in [2.05, 4.69) is 16.2 Å². The smallest absolute Gasteiger partial charge is 0.294 e. The number of hydrazine groups is 1. The van der Waals surface area contributed by atoms with Crippen LogP contribution in [0.1, 0.15) is 52.4 Å². The highest BCUT2D eigenvalue weighted by molar-refractivity contribution is 5.91. The maximum absolute atomic E-state index is 13.3. The number of hydrogen-bond donors (Lipinski definition) is 3. The Kier molecular flexibility index (Phi) is 5.42. The molecule has 0 unspecified atom stereocenters. The van der Waals surface area contributed by atoms with Gasteiger partial charge in [-0.15, -0.1) is 0 Å². The van der Waals surface area contributed by atoms with Gasteiger partial charge in [0.2, 0.25) is 5.91 Å². The van der Waals surface area contributed by atoms with Crippen molar-refractivity contribution in [2.75, 3.05) is 5.43 Å². The average molecular weight is 415 g/mol. The molecule has 3 N–H and O–H groups in total. The van der Waals surface area contributed by atoms with Crippen LogP contribution in [0.2, 0.25) is 0 Å². The highest BCUT2D eigenvalue weighted by atomic mass is 16.6. The van der Waals surface area contributed by atoms with Gasteiger partial charge in [-0.1, -0.05) is 26.0 Å². The lowest BCUT2D eigenvalue weighted by Gasteiger charge is -2.55. The first-order valence-electron chi connectivity index (χ1n) is 10.9. The fourth-order valence-electron chi connectivity index (χ4n) is 6.16. The van der Waals surface area contributed by atoms with Crippen LogP contribution in [-0.2, 0) is 9.59 Å². The number of hydrogen-bond acceptors (Lipinski definition) is 5. The maximum Gasteiger partial charge on any atom is 0.294 e. The van der Waals surface area contributed by atoms with Crippen molar-refractivity contribution in [3.8, 4) is 0 Å². The molecule has 162 valence electrons. The predicted molar refractivity (Wildman–Crippen MR) is 112 cm³/mol. The molecule has 0 spiro atoms. The van der Waals surface area contributed by atoms with E-state index in [0.29, 0.717) is 17.8 Å². The van der Waals surface area contributed by atoms with Gasteiger partial charge in [0, 0.05) is 11.5 Å². The molecule has 4 bridgehead atoms. The molecule has 4 fully saturated rings. The molecule has 0 saturated heterocycles. The maximum atomic E-state index is 13.3. The summed E-state index contributed by atoms with van der Waals surface area (Å²) in [7, 11) is 0. The molecule has 0 heterocycles. The Hall–Kier alpha value is -2.64. The van der Waals surface area contributed by atoms with Crippen molar-refractivity contribution in [3.63, 3.8) is 0 Å². The third kappa shape index (κ3) is 3.87. The Morgan fingerprint density at radius 3 is 2.17 bits per heavy atom. The fourth-order valence-corrected chi connectivity index (χ4v) is 6.16. The standard InChI is InChI=1S/C22H30N4O4/c1-13(2)19(20(27)25-24-17-5-3-4-6-18(17)26(29)30)23-21(28)22-10-14-7-15(11-22)9-16(8-14)12-22/h3-6,13-16,19,24H,7-12H2,1-2H3,(H,23,28)(H,25,27)/t14?,15?,16?,19-,22?/m0/s1. The molecule has 8 nitrogen and oxygen atoms in total. The first-order valence-corrected chi connectivity index (χ1v) is 10.9. The van der Waals surface area contributed by atoms with Crippen LogP contribution in [0.4, 0.5) is 11.4 Å². The summed E-state index contributed by atoms with van der Waals surface area (Å²) >= 11 is 0. The SMILES string of the molecule is CC(C)[C@H](NC(=O)C12CC3CC(CC(C3)C1)C2)C(=O)NNc1ccccc1[N+](=O)[O-]. The summed E-state index contributed by atoms with van der Waals surface area (Å²) in [5.41, 5.74) is 4.94. The van der Waals surface area contributed by atoms with Crippen LogP contribution in [-0.4, -0.2) is 22.8 Å². The summed E-state index contributed by atoms with van der Waals surface area (Å²) in [6.07, 6.45) is 6.56. The molecular formula is C22H30N4O4. The molecule has 4 saturated carbocycles. The van der Waals surface area contributed by atoms with Gasteiger partial charge in [0.1, 0.15) is 11.7 Å². The Labute approximate surface area is 176 Å². The average Bonchev–Trinajstić information content (AvgIpc) is 2.68. The lowest BCUT2D eigenvalue weighted by molar-refractivity contribution is -0.384. The number of para-hydroxylation sites is 2. The summed E-state index contributed by atoms with van der Waals surface area (Å²) < 4.78 is 0. The lowest BCUT2D eigenvalue weighted by Crippen LogP contribution is -2.58. The molecule has 8 heteroatoms. The molecule has 1 aromatic rings. The van der Waals surface area contributed by atoms with Crippen LogP contribution in [0.5, 0.6) is 0 Å². The molecule has 30 heavy (non-hydrogen) atoms. The van der Waals surface area contributed by atoms with Crippen LogP contribution in [0.25, 0.3) is 0 Å². The molecule has 2 amide bonds. The number of benzene rings is 1. The highest BCUT2D eigenvalue weighted by Gasteiger charge is 2.55. The Morgan fingerprint density at radius 1 is 1.07 bits per heavy atom. The van der Waals surface area contributed by atoms with Gasteiger partial charge in [-0.3, -0.25) is 30.6 Å². The molecule has 5 rings (SSSR count). The van der Waals surface area contributed by atoms with E-state index in [1.807, 2.05) is 13.8 Å². The minimum absolute atomic E-state index is 0.00106. The van der Waals surface area contributed by atoms with Crippen molar-refractivity contribution in [1.82, 2.24) is 10.7 Å². The van der Waals surface area contributed by atoms with Crippen molar-refractivity contribution in [3.05, 3.63) is 34.4 Å². The summed E-state index contributed by atoms with van der Waals surface area (Å²) in [4.78, 5) is 36.8. The molecule has 0 aromatic heterocycles. The van der Waals surface area contributed by atoms with Crippen LogP contribution in [0, 0.1) is 39.2 Å². The number of nitro groups is 1. The molecule has 0 radical (unpaired) electrons. The molecule has 4 aliphatic rings. The fraction of sp³-hybridized carbons (Fsp3) is 0.636. The van der Waals surface area contributed by atoms with Gasteiger partial charge < -0.3 is 5.32 Å². The zero-order chi connectivity index (χ0) is 21.5. The topological polar surface area (TPSA) is 113 Å². The number of nitrogens with one attached hydrogen (secondary N) is 3. The third-order valence-electron chi connectivity index (χ3n) is 7.18. The Morgan fingerprint density at radius 2 is 1.63 bits per heavy atom. The number of nitrogens with zero attached hydrogens (tertiary/aromatic N) is 1. The van der Waals surface area contributed by atoms with Crippen LogP contribution < -0.4 is 16.2 Å². The summed E-state index contributed by atoms with van der Waals surface area (Å²) in [6, 6.07) is 5.39. The van der Waals surface area contributed by atoms with Crippen molar-refractivity contribution in [2.45, 2.75) is 58.4 Å². The minimum Gasteiger partial charge on any atom is -0.344 e. The second kappa shape index (κ2) is 7.89. The van der Waals surface area contributed by atoms with Gasteiger partial charge >= 0.3 is 0 Å². The molecule has 4 aliphatic carbocycles. The predicted octanol–water partition coefficient (Wildman–Crippen LogP) is 3.40. The first-order chi connectivity index (χ1) is 14.3. The van der Waals surface area contributed by atoms with Gasteiger partial charge in [-0.05, 0) is 68.3 Å². The zero-order valence-electron chi connectivity index (χ0n) is 17.5. The largest absolute Gasteiger partial charge is 0.344 e. The van der Waals surface area contributed by atoms with E-state index in [0.717, 1.165) is 19.3 Å². The van der Waals surface area contributed by atoms with Crippen molar-refractivity contribution >= 4 is 23.2 Å². The minimum atomic E-state index is -0.708. The van der Waals surface area contributed by atoms with E-state index >= 15 is 0 Å². The normalized spacial score (nSPS) is 30.0. The summed E-state index contributed by atoms with van der Waals surface area (Å²) in [5.74, 6) is 1.42. The Bertz CT molecular complexity index is 818. The monoisotopic (exact) mass is 414 g/mol. The van der Waals surface area contributed by atoms with Crippen molar-refractivity contribution in [2.24, 2.45) is 29.1 Å². The highest BCUT2D eigenvalue weighted by Crippen LogP contribution is 2.60. The summed E-state index contributed by atoms with van der Waals surface area (Å²) in [5, 5.41) is 14.2. The number of anilines is 1. The van der Waals surface area contributed by atoms with E-state index in [4.69, 9.17) is 0 Å². The van der Waals surface area contributed by atoms with E-state index in [1.54, 1.807) is 12.1 Å². The van der Waals surface area contributed by atoms with E-state index in [9.17, 15) is 19.7 Å². The number of nitro benzene ring substituents is 1. The second-order valence-corrected chi connectivity index (χ2v) is 9.78. The molecule has 0 aliphatic heterocycles. The Balaban J connectivity index is 1.42. The van der Waals surface area contributed by atoms with Crippen LogP contribution in [0.3, 0.4) is 0 Å². The van der Waals surface area contributed by atoms with E-state index in [-0.39, 0.29) is 28.6 Å². The van der Waals surface area contributed by atoms with Crippen molar-refractivity contribution < 1.29 is 14.5 Å². The van der Waals surface area contributed by atoms with Gasteiger partial charge in [0.05, 0.1) is 4.92 Å². The van der Waals surface area contributed by atoms with Gasteiger partial charge in [0.25, 0.3) is 11.6 Å². The zero-order valence-corrected chi connectivity index (χ0v) is 17.5. The van der Waals surface area contributed by atoms with Gasteiger partial charge in [-0.25, -0.2) is 0 Å². The third-order valence-corrected chi connectivity index (χ3v) is 7.18. The summed E-state index contributed by atoms with van der Waals surface area (Å²) in [6.45, 7) is 3.77. The van der Waals surface area contributed by atoms with E-state index in [1.165, 1.54) is 31.4 Å². The van der Waals surface area contributed by atoms with Gasteiger partial charge in [-0.2, -0.15) is 0 Å². The molecule has 1 atom stereocenters. The number of amides is 2. The van der Waals surface area contributed by atoms with E-state index < -0.39 is 16.9 Å². The molecular weight excluding hydrogens is 384 g/mol. The number of rotatable bonds is 7. The molecule has 1 aromatic carbocycles. The van der Waals surface area contributed by atoms with Crippen LogP contribution >= 0.6 is 0 Å². The van der Waals surface area contributed by atoms with Gasteiger partial charge in [0.15, 0.2) is 0 Å².